The first-order chi connectivity index (χ1) is 14.4. The molecule has 0 saturated carbocycles. The Morgan fingerprint density at radius 1 is 1.20 bits per heavy atom. The summed E-state index contributed by atoms with van der Waals surface area (Å²) >= 11 is 0. The van der Waals surface area contributed by atoms with E-state index >= 15 is 0 Å². The fourth-order valence-corrected chi connectivity index (χ4v) is 3.38. The first-order valence-electron chi connectivity index (χ1n) is 9.92. The lowest BCUT2D eigenvalue weighted by molar-refractivity contribution is -0.384. The molecule has 0 spiro atoms. The first-order valence-corrected chi connectivity index (χ1v) is 9.92. The van der Waals surface area contributed by atoms with Gasteiger partial charge in [-0.3, -0.25) is 24.5 Å². The minimum Gasteiger partial charge on any atom is -0.343 e. The molecule has 6 N–H and O–H groups in total. The molecule has 0 radical (unpaired) electrons. The maximum atomic E-state index is 12.8. The Morgan fingerprint density at radius 3 is 2.50 bits per heavy atom. The number of unbranched alkanes of at least 4 members (excludes halogenated alkanes) is 1. The molecule has 1 aromatic rings. The Kier molecular flexibility index (Phi) is 8.69. The average Bonchev–Trinajstić information content (AvgIpc) is 3.23. The van der Waals surface area contributed by atoms with E-state index in [1.54, 1.807) is 0 Å². The van der Waals surface area contributed by atoms with Crippen molar-refractivity contribution in [1.29, 1.82) is 0 Å². The van der Waals surface area contributed by atoms with Crippen molar-refractivity contribution in [2.24, 2.45) is 11.5 Å². The van der Waals surface area contributed by atoms with Crippen LogP contribution < -0.4 is 22.1 Å². The number of nitrogens with one attached hydrogen (secondary N) is 2. The number of rotatable bonds is 10. The van der Waals surface area contributed by atoms with E-state index in [1.807, 2.05) is 0 Å². The van der Waals surface area contributed by atoms with Gasteiger partial charge in [0.2, 0.25) is 17.7 Å². The summed E-state index contributed by atoms with van der Waals surface area (Å²) in [6, 6.07) is 3.94. The maximum Gasteiger partial charge on any atom is 0.269 e. The van der Waals surface area contributed by atoms with Crippen molar-refractivity contribution >= 4 is 29.1 Å². The number of non-ortho nitro benzene ring substituents is 1. The number of benzene rings is 1. The van der Waals surface area contributed by atoms with Crippen molar-refractivity contribution < 1.29 is 19.3 Å². The van der Waals surface area contributed by atoms with Crippen molar-refractivity contribution in [3.8, 4) is 0 Å². The zero-order chi connectivity index (χ0) is 22.1. The van der Waals surface area contributed by atoms with E-state index in [2.05, 4.69) is 10.6 Å². The van der Waals surface area contributed by atoms with Gasteiger partial charge in [0.05, 0.1) is 11.5 Å². The van der Waals surface area contributed by atoms with Crippen molar-refractivity contribution in [2.75, 3.05) is 25.0 Å². The molecule has 0 unspecified atom stereocenters. The van der Waals surface area contributed by atoms with Crippen molar-refractivity contribution in [3.05, 3.63) is 34.4 Å². The molecule has 3 amide bonds. The van der Waals surface area contributed by atoms with Crippen LogP contribution in [-0.2, 0) is 14.4 Å². The van der Waals surface area contributed by atoms with Gasteiger partial charge in [0.1, 0.15) is 12.1 Å². The van der Waals surface area contributed by atoms with Crippen molar-refractivity contribution in [1.82, 2.24) is 10.2 Å². The average molecular weight is 420 g/mol. The van der Waals surface area contributed by atoms with Gasteiger partial charge in [-0.15, -0.1) is 0 Å². The van der Waals surface area contributed by atoms with Gasteiger partial charge < -0.3 is 27.0 Å². The molecule has 11 heteroatoms. The molecule has 1 saturated heterocycles. The summed E-state index contributed by atoms with van der Waals surface area (Å²) in [5, 5.41) is 16.2. The third kappa shape index (κ3) is 6.22. The Labute approximate surface area is 174 Å². The normalized spacial score (nSPS) is 16.7. The van der Waals surface area contributed by atoms with Crippen LogP contribution in [0.5, 0.6) is 0 Å². The number of carbonyl (C=O) groups is 3. The molecular formula is C19H28N6O5. The number of nitrogens with zero attached hydrogens (tertiary/aromatic N) is 2. The number of nitrogens with two attached hydrogens (primary N) is 2. The Morgan fingerprint density at radius 2 is 1.90 bits per heavy atom. The third-order valence-electron chi connectivity index (χ3n) is 4.98. The van der Waals surface area contributed by atoms with Gasteiger partial charge in [-0.25, -0.2) is 0 Å². The van der Waals surface area contributed by atoms with Gasteiger partial charge in [-0.05, 0) is 50.8 Å². The van der Waals surface area contributed by atoms with E-state index in [0.29, 0.717) is 50.9 Å². The highest BCUT2D eigenvalue weighted by Gasteiger charge is 2.35. The number of anilines is 1. The van der Waals surface area contributed by atoms with Crippen molar-refractivity contribution in [2.45, 2.75) is 44.2 Å². The van der Waals surface area contributed by atoms with Crippen LogP contribution in [0.3, 0.4) is 0 Å². The molecule has 164 valence electrons. The SMILES string of the molecule is NCCCC[C@H](NC(=O)[C@@H]1CCCN1C(=O)CN)C(=O)Nc1ccc([N+](=O)[O-])cc1. The fourth-order valence-electron chi connectivity index (χ4n) is 3.38. The zero-order valence-corrected chi connectivity index (χ0v) is 16.7. The number of amides is 3. The summed E-state index contributed by atoms with van der Waals surface area (Å²) in [6.07, 6.45) is 2.90. The Bertz CT molecular complexity index is 769. The summed E-state index contributed by atoms with van der Waals surface area (Å²) < 4.78 is 0. The summed E-state index contributed by atoms with van der Waals surface area (Å²) in [5.41, 5.74) is 11.2. The second-order valence-corrected chi connectivity index (χ2v) is 7.09. The van der Waals surface area contributed by atoms with E-state index < -0.39 is 28.8 Å². The quantitative estimate of drug-likeness (QED) is 0.236. The predicted octanol–water partition coefficient (Wildman–Crippen LogP) is 0.0968. The standard InChI is InChI=1S/C19H28N6O5/c20-10-2-1-4-15(18(27)22-13-6-8-14(9-7-13)25(29)30)23-19(28)16-5-3-11-24(16)17(26)12-21/h6-9,15-16H,1-5,10-12,20-21H2,(H,22,27)(H,23,28)/t15-,16-/m0/s1. The maximum absolute atomic E-state index is 12.8. The molecule has 1 aromatic carbocycles. The van der Waals surface area contributed by atoms with Gasteiger partial charge in [-0.2, -0.15) is 0 Å². The molecule has 1 heterocycles. The minimum atomic E-state index is -0.824. The summed E-state index contributed by atoms with van der Waals surface area (Å²) in [5.74, 6) is -1.14. The lowest BCUT2D eigenvalue weighted by atomic mass is 10.1. The van der Waals surface area contributed by atoms with E-state index in [9.17, 15) is 24.5 Å². The van der Waals surface area contributed by atoms with Crippen LogP contribution in [-0.4, -0.2) is 59.3 Å². The molecule has 0 aliphatic carbocycles. The molecule has 1 aliphatic rings. The second kappa shape index (κ2) is 11.2. The lowest BCUT2D eigenvalue weighted by Gasteiger charge is -2.26. The van der Waals surface area contributed by atoms with Crippen LogP contribution in [0, 0.1) is 10.1 Å². The second-order valence-electron chi connectivity index (χ2n) is 7.09. The number of nitro benzene ring substituents is 1. The van der Waals surface area contributed by atoms with Crippen molar-refractivity contribution in [3.63, 3.8) is 0 Å². The monoisotopic (exact) mass is 420 g/mol. The van der Waals surface area contributed by atoms with Gasteiger partial charge in [0.25, 0.3) is 5.69 Å². The van der Waals surface area contributed by atoms with Crippen LogP contribution in [0.4, 0.5) is 11.4 Å². The number of carbonyl (C=O) groups excluding carboxylic acids is 3. The Hall–Kier alpha value is -3.05. The van der Waals surface area contributed by atoms with Gasteiger partial charge in [-0.1, -0.05) is 0 Å². The highest BCUT2D eigenvalue weighted by molar-refractivity contribution is 5.98. The van der Waals surface area contributed by atoms with E-state index in [4.69, 9.17) is 11.5 Å². The zero-order valence-electron chi connectivity index (χ0n) is 16.7. The summed E-state index contributed by atoms with van der Waals surface area (Å²) in [7, 11) is 0. The van der Waals surface area contributed by atoms with Gasteiger partial charge in [0, 0.05) is 24.4 Å². The van der Waals surface area contributed by atoms with Gasteiger partial charge in [0.15, 0.2) is 0 Å². The molecule has 1 aliphatic heterocycles. The van der Waals surface area contributed by atoms with E-state index in [-0.39, 0.29) is 18.1 Å². The molecule has 0 aromatic heterocycles. The van der Waals surface area contributed by atoms with Crippen LogP contribution in [0.2, 0.25) is 0 Å². The molecule has 1 fully saturated rings. The smallest absolute Gasteiger partial charge is 0.269 e. The molecular weight excluding hydrogens is 392 g/mol. The van der Waals surface area contributed by atoms with Crippen LogP contribution in [0.1, 0.15) is 32.1 Å². The largest absolute Gasteiger partial charge is 0.343 e. The number of hydrogen-bond donors (Lipinski definition) is 4. The fraction of sp³-hybridized carbons (Fsp3) is 0.526. The highest BCUT2D eigenvalue weighted by atomic mass is 16.6. The number of nitro groups is 1. The van der Waals surface area contributed by atoms with Crippen LogP contribution in [0.15, 0.2) is 24.3 Å². The Balaban J connectivity index is 2.06. The molecule has 0 bridgehead atoms. The number of hydrogen-bond acceptors (Lipinski definition) is 7. The molecule has 11 nitrogen and oxygen atoms in total. The lowest BCUT2D eigenvalue weighted by Crippen LogP contribution is -2.52. The minimum absolute atomic E-state index is 0.0910. The van der Waals surface area contributed by atoms with Crippen LogP contribution in [0.25, 0.3) is 0 Å². The summed E-state index contributed by atoms with van der Waals surface area (Å²) in [4.78, 5) is 49.2. The van der Waals surface area contributed by atoms with Gasteiger partial charge >= 0.3 is 0 Å². The van der Waals surface area contributed by atoms with E-state index in [1.165, 1.54) is 29.2 Å². The van der Waals surface area contributed by atoms with E-state index in [0.717, 1.165) is 0 Å². The highest BCUT2D eigenvalue weighted by Crippen LogP contribution is 2.19. The third-order valence-corrected chi connectivity index (χ3v) is 4.98. The molecule has 30 heavy (non-hydrogen) atoms. The topological polar surface area (TPSA) is 174 Å². The first kappa shape index (κ1) is 23.2. The molecule has 2 rings (SSSR count). The summed E-state index contributed by atoms with van der Waals surface area (Å²) in [6.45, 7) is 0.747. The van der Waals surface area contributed by atoms with Crippen LogP contribution >= 0.6 is 0 Å². The predicted molar refractivity (Wildman–Crippen MR) is 110 cm³/mol. The number of likely N-dealkylation sites (tertiary alicyclic amines) is 1. The molecule has 2 atom stereocenters.